The minimum absolute atomic E-state index is 0.174. The summed E-state index contributed by atoms with van der Waals surface area (Å²) >= 11 is 18.3. The molecule has 2 amide bonds. The second kappa shape index (κ2) is 9.68. The quantitative estimate of drug-likeness (QED) is 0.568. The molecule has 1 unspecified atom stereocenters. The van der Waals surface area contributed by atoms with Crippen LogP contribution in [0.2, 0.25) is 15.1 Å². The summed E-state index contributed by atoms with van der Waals surface area (Å²) in [6.45, 7) is 6.36. The molecule has 0 spiro atoms. The van der Waals surface area contributed by atoms with Crippen LogP contribution in [0.3, 0.4) is 0 Å². The van der Waals surface area contributed by atoms with Crippen molar-refractivity contribution in [3.63, 3.8) is 0 Å². The van der Waals surface area contributed by atoms with E-state index in [2.05, 4.69) is 5.32 Å². The molecule has 2 aromatic rings. The Bertz CT molecular complexity index is 958. The third-order valence-electron chi connectivity index (χ3n) is 5.06. The van der Waals surface area contributed by atoms with E-state index in [0.29, 0.717) is 40.1 Å². The molecule has 2 aromatic carbocycles. The number of piperidine rings is 1. The molecule has 1 aliphatic rings. The van der Waals surface area contributed by atoms with Crippen LogP contribution < -0.4 is 5.32 Å². The third-order valence-corrected chi connectivity index (χ3v) is 6.05. The van der Waals surface area contributed by atoms with Crippen molar-refractivity contribution in [2.45, 2.75) is 44.8 Å². The molecule has 166 valence electrons. The lowest BCUT2D eigenvalue weighted by molar-refractivity contribution is 0.0177. The zero-order chi connectivity index (χ0) is 22.8. The first-order chi connectivity index (χ1) is 14.5. The van der Waals surface area contributed by atoms with Crippen LogP contribution in [0, 0.1) is 0 Å². The molecule has 3 rings (SSSR count). The lowest BCUT2D eigenvalue weighted by Gasteiger charge is -2.39. The number of amides is 2. The SMILES string of the molecule is CC(C)(C)OC(=O)N1CC[C@@H](NC(=O)c2ccc(Cl)cc2)C(c2ccc(Cl)c(Cl)c2)C1. The van der Waals surface area contributed by atoms with Gasteiger partial charge in [0.05, 0.1) is 10.0 Å². The Kier molecular flexibility index (Phi) is 7.40. The number of ether oxygens (including phenoxy) is 1. The summed E-state index contributed by atoms with van der Waals surface area (Å²) in [5.41, 5.74) is 0.825. The van der Waals surface area contributed by atoms with Gasteiger partial charge in [0.15, 0.2) is 0 Å². The fourth-order valence-electron chi connectivity index (χ4n) is 3.55. The zero-order valence-corrected chi connectivity index (χ0v) is 19.9. The van der Waals surface area contributed by atoms with Gasteiger partial charge in [-0.3, -0.25) is 4.79 Å². The Morgan fingerprint density at radius 3 is 2.32 bits per heavy atom. The third kappa shape index (κ3) is 6.28. The molecule has 8 heteroatoms. The summed E-state index contributed by atoms with van der Waals surface area (Å²) in [5, 5.41) is 4.55. The normalized spacial score (nSPS) is 19.1. The van der Waals surface area contributed by atoms with Crippen molar-refractivity contribution in [3.05, 3.63) is 68.7 Å². The van der Waals surface area contributed by atoms with E-state index in [4.69, 9.17) is 39.5 Å². The van der Waals surface area contributed by atoms with Crippen LogP contribution in [0.25, 0.3) is 0 Å². The van der Waals surface area contributed by atoms with Gasteiger partial charge in [0.2, 0.25) is 0 Å². The summed E-state index contributed by atoms with van der Waals surface area (Å²) in [6, 6.07) is 11.9. The van der Waals surface area contributed by atoms with Crippen molar-refractivity contribution in [3.8, 4) is 0 Å². The minimum atomic E-state index is -0.587. The van der Waals surface area contributed by atoms with Crippen molar-refractivity contribution in [2.24, 2.45) is 0 Å². The van der Waals surface area contributed by atoms with E-state index in [-0.39, 0.29) is 24.0 Å². The van der Waals surface area contributed by atoms with Crippen molar-refractivity contribution < 1.29 is 14.3 Å². The molecule has 31 heavy (non-hydrogen) atoms. The van der Waals surface area contributed by atoms with Gasteiger partial charge in [-0.25, -0.2) is 4.79 Å². The van der Waals surface area contributed by atoms with Crippen LogP contribution in [0.5, 0.6) is 0 Å². The van der Waals surface area contributed by atoms with E-state index in [9.17, 15) is 9.59 Å². The van der Waals surface area contributed by atoms with E-state index in [0.717, 1.165) is 5.56 Å². The highest BCUT2D eigenvalue weighted by Gasteiger charge is 2.35. The van der Waals surface area contributed by atoms with Gasteiger partial charge in [-0.05, 0) is 69.2 Å². The van der Waals surface area contributed by atoms with Gasteiger partial charge in [0, 0.05) is 35.6 Å². The van der Waals surface area contributed by atoms with Crippen molar-refractivity contribution in [1.82, 2.24) is 10.2 Å². The van der Waals surface area contributed by atoms with E-state index >= 15 is 0 Å². The molecule has 2 atom stereocenters. The average molecular weight is 484 g/mol. The number of likely N-dealkylation sites (tertiary alicyclic amines) is 1. The number of nitrogens with one attached hydrogen (secondary N) is 1. The number of hydrogen-bond donors (Lipinski definition) is 1. The van der Waals surface area contributed by atoms with Crippen LogP contribution in [-0.2, 0) is 4.74 Å². The minimum Gasteiger partial charge on any atom is -0.444 e. The van der Waals surface area contributed by atoms with Gasteiger partial charge in [0.1, 0.15) is 5.60 Å². The number of hydrogen-bond acceptors (Lipinski definition) is 3. The van der Waals surface area contributed by atoms with Gasteiger partial charge in [0.25, 0.3) is 5.91 Å². The Morgan fingerprint density at radius 1 is 1.03 bits per heavy atom. The van der Waals surface area contributed by atoms with Gasteiger partial charge in [-0.1, -0.05) is 40.9 Å². The highest BCUT2D eigenvalue weighted by atomic mass is 35.5. The fraction of sp³-hybridized carbons (Fsp3) is 0.391. The van der Waals surface area contributed by atoms with Crippen LogP contribution in [-0.4, -0.2) is 41.6 Å². The second-order valence-corrected chi connectivity index (χ2v) is 9.83. The first kappa shape index (κ1) is 23.7. The number of carbonyl (C=O) groups is 2. The van der Waals surface area contributed by atoms with Crippen molar-refractivity contribution in [1.29, 1.82) is 0 Å². The molecule has 1 fully saturated rings. The van der Waals surface area contributed by atoms with Crippen LogP contribution in [0.4, 0.5) is 4.79 Å². The van der Waals surface area contributed by atoms with Gasteiger partial charge in [-0.2, -0.15) is 0 Å². The summed E-state index contributed by atoms with van der Waals surface area (Å²) in [4.78, 5) is 27.1. The molecule has 0 aromatic heterocycles. The Labute approximate surface area is 197 Å². The van der Waals surface area contributed by atoms with Gasteiger partial charge >= 0.3 is 6.09 Å². The topological polar surface area (TPSA) is 58.6 Å². The van der Waals surface area contributed by atoms with Crippen molar-refractivity contribution in [2.75, 3.05) is 13.1 Å². The fourth-order valence-corrected chi connectivity index (χ4v) is 3.98. The number of benzene rings is 2. The first-order valence-electron chi connectivity index (χ1n) is 10.0. The molecule has 0 radical (unpaired) electrons. The zero-order valence-electron chi connectivity index (χ0n) is 17.6. The number of carbonyl (C=O) groups excluding carboxylic acids is 2. The Morgan fingerprint density at radius 2 is 1.71 bits per heavy atom. The molecule has 5 nitrogen and oxygen atoms in total. The number of nitrogens with zero attached hydrogens (tertiary/aromatic N) is 1. The van der Waals surface area contributed by atoms with Crippen LogP contribution in [0.1, 0.15) is 49.0 Å². The Balaban J connectivity index is 1.83. The van der Waals surface area contributed by atoms with E-state index < -0.39 is 5.60 Å². The van der Waals surface area contributed by atoms with E-state index in [1.54, 1.807) is 41.3 Å². The van der Waals surface area contributed by atoms with Gasteiger partial charge < -0.3 is 15.0 Å². The first-order valence-corrected chi connectivity index (χ1v) is 11.2. The highest BCUT2D eigenvalue weighted by molar-refractivity contribution is 6.42. The lowest BCUT2D eigenvalue weighted by atomic mass is 9.86. The maximum atomic E-state index is 12.8. The highest BCUT2D eigenvalue weighted by Crippen LogP contribution is 2.32. The molecule has 1 N–H and O–H groups in total. The van der Waals surface area contributed by atoms with Crippen LogP contribution in [0.15, 0.2) is 42.5 Å². The summed E-state index contributed by atoms with van der Waals surface area (Å²) < 4.78 is 5.54. The molecule has 0 aliphatic carbocycles. The molecule has 1 aliphatic heterocycles. The molecule has 0 bridgehead atoms. The van der Waals surface area contributed by atoms with Crippen molar-refractivity contribution >= 4 is 46.8 Å². The molecular formula is C23H25Cl3N2O3. The number of halogens is 3. The average Bonchev–Trinajstić information content (AvgIpc) is 2.69. The largest absolute Gasteiger partial charge is 0.444 e. The summed E-state index contributed by atoms with van der Waals surface area (Å²) in [7, 11) is 0. The van der Waals surface area contributed by atoms with Gasteiger partial charge in [-0.15, -0.1) is 0 Å². The summed E-state index contributed by atoms with van der Waals surface area (Å²) in [5.74, 6) is -0.371. The maximum absolute atomic E-state index is 12.8. The van der Waals surface area contributed by atoms with E-state index in [1.165, 1.54) is 0 Å². The monoisotopic (exact) mass is 482 g/mol. The van der Waals surface area contributed by atoms with Crippen LogP contribution >= 0.6 is 34.8 Å². The molecule has 0 saturated carbocycles. The predicted octanol–water partition coefficient (Wildman–Crippen LogP) is 6.17. The smallest absolute Gasteiger partial charge is 0.410 e. The Hall–Kier alpha value is -1.95. The van der Waals surface area contributed by atoms with E-state index in [1.807, 2.05) is 26.8 Å². The molecule has 1 saturated heterocycles. The second-order valence-electron chi connectivity index (χ2n) is 8.58. The molecular weight excluding hydrogens is 459 g/mol. The standard InChI is InChI=1S/C23H25Cl3N2O3/c1-23(2,3)31-22(30)28-11-10-20(27-21(29)14-4-7-16(24)8-5-14)17(13-28)15-6-9-18(25)19(26)12-15/h4-9,12,17,20H,10-11,13H2,1-3H3,(H,27,29)/t17?,20-/m1/s1. The summed E-state index contributed by atoms with van der Waals surface area (Å²) in [6.07, 6.45) is 0.198. The molecule has 1 heterocycles. The lowest BCUT2D eigenvalue weighted by Crippen LogP contribution is -2.52. The predicted molar refractivity (Wildman–Crippen MR) is 124 cm³/mol. The number of rotatable bonds is 3. The maximum Gasteiger partial charge on any atom is 0.410 e.